The second-order valence-electron chi connectivity index (χ2n) is 8.76. The molecule has 1 amide bonds. The fourth-order valence-corrected chi connectivity index (χ4v) is 5.41. The van der Waals surface area contributed by atoms with E-state index in [9.17, 15) is 13.2 Å². The maximum absolute atomic E-state index is 12.9. The first kappa shape index (κ1) is 23.1. The second kappa shape index (κ2) is 9.40. The van der Waals surface area contributed by atoms with E-state index in [1.165, 1.54) is 35.3 Å². The number of hydrogen-bond donors (Lipinski definition) is 1. The van der Waals surface area contributed by atoms with Crippen LogP contribution in [0.15, 0.2) is 71.6 Å². The quantitative estimate of drug-likeness (QED) is 0.548. The molecule has 0 spiro atoms. The Morgan fingerprint density at radius 1 is 0.909 bits per heavy atom. The average Bonchev–Trinajstić information content (AvgIpc) is 2.83. The van der Waals surface area contributed by atoms with E-state index >= 15 is 0 Å². The van der Waals surface area contributed by atoms with E-state index in [1.54, 1.807) is 48.5 Å². The van der Waals surface area contributed by atoms with E-state index in [-0.39, 0.29) is 16.8 Å². The Kier molecular flexibility index (Phi) is 6.56. The van der Waals surface area contributed by atoms with Crippen molar-refractivity contribution in [2.75, 3.05) is 11.4 Å². The molecule has 1 atom stereocenters. The van der Waals surface area contributed by atoms with Crippen LogP contribution in [-0.4, -0.2) is 21.4 Å². The molecule has 3 aromatic rings. The van der Waals surface area contributed by atoms with Gasteiger partial charge in [-0.05, 0) is 92.6 Å². The molecule has 5 nitrogen and oxygen atoms in total. The first-order valence-electron chi connectivity index (χ1n) is 11.3. The lowest BCUT2D eigenvalue weighted by Gasteiger charge is -2.21. The lowest BCUT2D eigenvalue weighted by Crippen LogP contribution is -2.28. The number of rotatable bonds is 6. The summed E-state index contributed by atoms with van der Waals surface area (Å²) in [6.45, 7) is 3.90. The van der Waals surface area contributed by atoms with Gasteiger partial charge in [-0.15, -0.1) is 0 Å². The molecule has 0 saturated carbocycles. The highest BCUT2D eigenvalue weighted by Gasteiger charge is 2.21. The third-order valence-electron chi connectivity index (χ3n) is 6.39. The van der Waals surface area contributed by atoms with Crippen molar-refractivity contribution in [3.8, 4) is 0 Å². The number of carbonyl (C=O) groups excluding carboxylic acids is 1. The van der Waals surface area contributed by atoms with Crippen LogP contribution in [0.4, 0.5) is 5.69 Å². The van der Waals surface area contributed by atoms with Crippen LogP contribution < -0.4 is 9.62 Å². The van der Waals surface area contributed by atoms with Crippen molar-refractivity contribution in [1.82, 2.24) is 5.32 Å². The largest absolute Gasteiger partial charge is 0.346 e. The fraction of sp³-hybridized carbons (Fsp3) is 0.296. The molecular weight excluding hydrogens is 432 g/mol. The Labute approximate surface area is 196 Å². The normalized spacial score (nSPS) is 14.3. The van der Waals surface area contributed by atoms with E-state index in [2.05, 4.69) is 23.5 Å². The second-order valence-corrected chi connectivity index (χ2v) is 10.7. The molecule has 4 rings (SSSR count). The summed E-state index contributed by atoms with van der Waals surface area (Å²) in [5.74, 6) is -0.184. The molecule has 0 heterocycles. The van der Waals surface area contributed by atoms with Crippen molar-refractivity contribution in [3.63, 3.8) is 0 Å². The number of sulfonamides is 1. The fourth-order valence-electron chi connectivity index (χ4n) is 4.22. The molecule has 0 aromatic heterocycles. The van der Waals surface area contributed by atoms with E-state index in [0.717, 1.165) is 24.0 Å². The molecule has 1 aliphatic carbocycles. The van der Waals surface area contributed by atoms with Crippen LogP contribution in [0.5, 0.6) is 0 Å². The number of nitrogens with one attached hydrogen (secondary N) is 1. The lowest BCUT2D eigenvalue weighted by molar-refractivity contribution is 0.0940. The molecule has 6 heteroatoms. The topological polar surface area (TPSA) is 66.5 Å². The van der Waals surface area contributed by atoms with Crippen molar-refractivity contribution in [1.29, 1.82) is 0 Å². The van der Waals surface area contributed by atoms with Crippen LogP contribution in [0, 0.1) is 6.92 Å². The zero-order valence-corrected chi connectivity index (χ0v) is 20.2. The van der Waals surface area contributed by atoms with Crippen LogP contribution in [-0.2, 0) is 22.9 Å². The van der Waals surface area contributed by atoms with Crippen molar-refractivity contribution >= 4 is 21.6 Å². The highest BCUT2D eigenvalue weighted by atomic mass is 32.2. The van der Waals surface area contributed by atoms with Gasteiger partial charge in [0.1, 0.15) is 0 Å². The Balaban J connectivity index is 1.45. The smallest absolute Gasteiger partial charge is 0.264 e. The molecule has 0 saturated heterocycles. The molecule has 0 fully saturated rings. The molecule has 1 aliphatic rings. The minimum Gasteiger partial charge on any atom is -0.346 e. The first-order valence-corrected chi connectivity index (χ1v) is 12.8. The van der Waals surface area contributed by atoms with Gasteiger partial charge < -0.3 is 5.32 Å². The number of aryl methyl sites for hydroxylation is 3. The minimum atomic E-state index is -3.67. The van der Waals surface area contributed by atoms with Gasteiger partial charge in [-0.2, -0.15) is 0 Å². The molecule has 1 unspecified atom stereocenters. The number of nitrogens with zero attached hydrogens (tertiary/aromatic N) is 1. The van der Waals surface area contributed by atoms with E-state index in [1.807, 2.05) is 13.8 Å². The Hall–Kier alpha value is -3.12. The van der Waals surface area contributed by atoms with Crippen LogP contribution in [0.2, 0.25) is 0 Å². The van der Waals surface area contributed by atoms with Crippen molar-refractivity contribution in [2.45, 2.75) is 50.5 Å². The zero-order valence-electron chi connectivity index (χ0n) is 19.3. The van der Waals surface area contributed by atoms with Gasteiger partial charge in [0.15, 0.2) is 0 Å². The number of benzene rings is 3. The number of carbonyl (C=O) groups is 1. The van der Waals surface area contributed by atoms with Gasteiger partial charge in [0.25, 0.3) is 15.9 Å². The summed E-state index contributed by atoms with van der Waals surface area (Å²) >= 11 is 0. The maximum atomic E-state index is 12.9. The van der Waals surface area contributed by atoms with Gasteiger partial charge >= 0.3 is 0 Å². The summed E-state index contributed by atoms with van der Waals surface area (Å²) < 4.78 is 27.1. The van der Waals surface area contributed by atoms with Gasteiger partial charge in [-0.25, -0.2) is 8.42 Å². The monoisotopic (exact) mass is 462 g/mol. The summed E-state index contributed by atoms with van der Waals surface area (Å²) in [5, 5.41) is 3.06. The van der Waals surface area contributed by atoms with Crippen molar-refractivity contribution in [3.05, 3.63) is 94.5 Å². The van der Waals surface area contributed by atoms with Crippen molar-refractivity contribution < 1.29 is 13.2 Å². The number of anilines is 1. The molecule has 1 N–H and O–H groups in total. The van der Waals surface area contributed by atoms with Crippen LogP contribution in [0.25, 0.3) is 0 Å². The van der Waals surface area contributed by atoms with Gasteiger partial charge in [-0.1, -0.05) is 35.9 Å². The molecule has 33 heavy (non-hydrogen) atoms. The molecule has 0 aliphatic heterocycles. The summed E-state index contributed by atoms with van der Waals surface area (Å²) in [6.07, 6.45) is 4.70. The summed E-state index contributed by atoms with van der Waals surface area (Å²) in [4.78, 5) is 13.0. The van der Waals surface area contributed by atoms with Crippen molar-refractivity contribution in [2.24, 2.45) is 0 Å². The SMILES string of the molecule is Cc1ccc(S(=O)(=O)N(C)c2ccc(C(=O)NC(C)c3ccc4c(c3)CCCC4)cc2)cc1. The molecular formula is C27H30N2O3S. The summed E-state index contributed by atoms with van der Waals surface area (Å²) in [7, 11) is -2.16. The highest BCUT2D eigenvalue weighted by molar-refractivity contribution is 7.92. The number of fused-ring (bicyclic) bond motifs is 1. The Morgan fingerprint density at radius 2 is 1.55 bits per heavy atom. The lowest BCUT2D eigenvalue weighted by atomic mass is 9.89. The Bertz CT molecular complexity index is 1250. The van der Waals surface area contributed by atoms with Gasteiger partial charge in [0.2, 0.25) is 0 Å². The van der Waals surface area contributed by atoms with Crippen LogP contribution >= 0.6 is 0 Å². The predicted octanol–water partition coefficient (Wildman–Crippen LogP) is 5.19. The standard InChI is InChI=1S/C27H30N2O3S/c1-19-8-16-26(17-9-19)33(31,32)29(3)25-14-12-22(13-15-25)27(30)28-20(2)23-11-10-21-6-4-5-7-24(21)18-23/h8-18,20H,4-7H2,1-3H3,(H,28,30). The first-order chi connectivity index (χ1) is 15.8. The van der Waals surface area contributed by atoms with Gasteiger partial charge in [0.05, 0.1) is 16.6 Å². The molecule has 3 aromatic carbocycles. The average molecular weight is 463 g/mol. The van der Waals surface area contributed by atoms with Gasteiger partial charge in [-0.3, -0.25) is 9.10 Å². The van der Waals surface area contributed by atoms with E-state index < -0.39 is 10.0 Å². The molecule has 172 valence electrons. The predicted molar refractivity (Wildman–Crippen MR) is 132 cm³/mol. The van der Waals surface area contributed by atoms with Gasteiger partial charge in [0, 0.05) is 12.6 Å². The third-order valence-corrected chi connectivity index (χ3v) is 8.19. The van der Waals surface area contributed by atoms with E-state index in [4.69, 9.17) is 0 Å². The number of amides is 1. The Morgan fingerprint density at radius 3 is 2.21 bits per heavy atom. The van der Waals surface area contributed by atoms with Crippen LogP contribution in [0.1, 0.15) is 58.4 Å². The summed E-state index contributed by atoms with van der Waals surface area (Å²) in [5.41, 5.74) is 5.89. The zero-order chi connectivity index (χ0) is 23.6. The maximum Gasteiger partial charge on any atom is 0.264 e. The minimum absolute atomic E-state index is 0.117. The van der Waals surface area contributed by atoms with E-state index in [0.29, 0.717) is 11.3 Å². The number of hydrogen-bond acceptors (Lipinski definition) is 3. The molecule has 0 radical (unpaired) electrons. The molecule has 0 bridgehead atoms. The third kappa shape index (κ3) is 4.96. The summed E-state index contributed by atoms with van der Waals surface area (Å²) in [6, 6.07) is 19.8. The van der Waals surface area contributed by atoms with Crippen LogP contribution in [0.3, 0.4) is 0 Å². The highest BCUT2D eigenvalue weighted by Crippen LogP contribution is 2.26.